The lowest BCUT2D eigenvalue weighted by molar-refractivity contribution is -0.132. The highest BCUT2D eigenvalue weighted by atomic mass is 32.2. The van der Waals surface area contributed by atoms with Crippen molar-refractivity contribution in [3.8, 4) is 16.9 Å². The fourth-order valence-corrected chi connectivity index (χ4v) is 7.10. The predicted octanol–water partition coefficient (Wildman–Crippen LogP) is 6.33. The minimum Gasteiger partial charge on any atom is -0.495 e. The van der Waals surface area contributed by atoms with Crippen LogP contribution in [0.2, 0.25) is 0 Å². The zero-order chi connectivity index (χ0) is 32.1. The highest BCUT2D eigenvalue weighted by molar-refractivity contribution is 7.92. The zero-order valence-electron chi connectivity index (χ0n) is 26.1. The maximum atomic E-state index is 13.8. The Kier molecular flexibility index (Phi) is 9.58. The van der Waals surface area contributed by atoms with Crippen LogP contribution in [0.1, 0.15) is 52.4 Å². The van der Waals surface area contributed by atoms with Gasteiger partial charge in [0.05, 0.1) is 13.2 Å². The topological polar surface area (TPSA) is 96.0 Å². The van der Waals surface area contributed by atoms with Crippen LogP contribution in [0, 0.1) is 0 Å². The van der Waals surface area contributed by atoms with Crippen LogP contribution in [0.25, 0.3) is 11.1 Å². The standard InChI is InChI=1S/C36H39N3O5S/c1-38(2)36(41)29-14-8-13-27(22-29)28-18-20-33(44-4)34(23-28)45(42,43)37-30-19-17-26-12-9-15-32(31(26)24-30)39(3)35(40)21-16-25-10-6-5-7-11-25/h5-8,10-11,13-14,17-20,22-24,32,37H,9,12,15-16,21H2,1-4H3. The minimum absolute atomic E-state index is 0.0192. The van der Waals surface area contributed by atoms with Crippen LogP contribution >= 0.6 is 0 Å². The summed E-state index contributed by atoms with van der Waals surface area (Å²) in [6.07, 6.45) is 3.70. The second-order valence-corrected chi connectivity index (χ2v) is 13.2. The number of hydrogen-bond donors (Lipinski definition) is 1. The van der Waals surface area contributed by atoms with E-state index in [9.17, 15) is 18.0 Å². The highest BCUT2D eigenvalue weighted by Gasteiger charge is 2.28. The van der Waals surface area contributed by atoms with Gasteiger partial charge in [-0.15, -0.1) is 0 Å². The number of carbonyl (C=O) groups excluding carboxylic acids is 2. The third kappa shape index (κ3) is 7.20. The van der Waals surface area contributed by atoms with E-state index >= 15 is 0 Å². The van der Waals surface area contributed by atoms with E-state index in [4.69, 9.17) is 4.74 Å². The summed E-state index contributed by atoms with van der Waals surface area (Å²) in [6.45, 7) is 0. The summed E-state index contributed by atoms with van der Waals surface area (Å²) in [4.78, 5) is 29.0. The Morgan fingerprint density at radius 2 is 1.64 bits per heavy atom. The van der Waals surface area contributed by atoms with Gasteiger partial charge < -0.3 is 14.5 Å². The average Bonchev–Trinajstić information content (AvgIpc) is 3.06. The maximum Gasteiger partial charge on any atom is 0.265 e. The third-order valence-corrected chi connectivity index (χ3v) is 9.72. The number of ether oxygens (including phenoxy) is 1. The summed E-state index contributed by atoms with van der Waals surface area (Å²) in [6, 6.07) is 27.4. The minimum atomic E-state index is -4.08. The second kappa shape index (κ2) is 13.6. The largest absolute Gasteiger partial charge is 0.495 e. The SMILES string of the molecule is COc1ccc(-c2cccc(C(=O)N(C)C)c2)cc1S(=O)(=O)Nc1ccc2c(c1)C(N(C)C(=O)CCc1ccccc1)CCC2. The van der Waals surface area contributed by atoms with E-state index in [1.165, 1.54) is 12.0 Å². The van der Waals surface area contributed by atoms with Crippen LogP contribution in [0.5, 0.6) is 5.75 Å². The molecule has 1 aliphatic carbocycles. The molecule has 9 heteroatoms. The zero-order valence-corrected chi connectivity index (χ0v) is 26.9. The van der Waals surface area contributed by atoms with Gasteiger partial charge in [0, 0.05) is 38.8 Å². The smallest absolute Gasteiger partial charge is 0.265 e. The molecule has 0 fully saturated rings. The highest BCUT2D eigenvalue weighted by Crippen LogP contribution is 2.37. The maximum absolute atomic E-state index is 13.8. The lowest BCUT2D eigenvalue weighted by Gasteiger charge is -2.34. The molecule has 1 aliphatic rings. The first-order valence-corrected chi connectivity index (χ1v) is 16.5. The van der Waals surface area contributed by atoms with Gasteiger partial charge in [-0.05, 0) is 89.9 Å². The van der Waals surface area contributed by atoms with E-state index in [2.05, 4.69) is 4.72 Å². The van der Waals surface area contributed by atoms with E-state index in [-0.39, 0.29) is 28.5 Å². The number of hydrogen-bond acceptors (Lipinski definition) is 5. The van der Waals surface area contributed by atoms with Crippen LogP contribution in [0.4, 0.5) is 5.69 Å². The van der Waals surface area contributed by atoms with Crippen molar-refractivity contribution in [2.45, 2.75) is 43.0 Å². The van der Waals surface area contributed by atoms with Gasteiger partial charge in [0.25, 0.3) is 15.9 Å². The van der Waals surface area contributed by atoms with E-state index in [1.807, 2.05) is 55.6 Å². The van der Waals surface area contributed by atoms with Crippen LogP contribution in [-0.2, 0) is 27.7 Å². The number of nitrogens with one attached hydrogen (secondary N) is 1. The molecule has 0 bridgehead atoms. The van der Waals surface area contributed by atoms with Crippen molar-refractivity contribution in [2.75, 3.05) is 33.0 Å². The van der Waals surface area contributed by atoms with E-state index in [1.54, 1.807) is 61.5 Å². The number of rotatable bonds is 10. The Morgan fingerprint density at radius 1 is 0.889 bits per heavy atom. The van der Waals surface area contributed by atoms with Gasteiger partial charge in [0.15, 0.2) is 0 Å². The Morgan fingerprint density at radius 3 is 2.38 bits per heavy atom. The normalized spacial score (nSPS) is 14.3. The number of fused-ring (bicyclic) bond motifs is 1. The van der Waals surface area contributed by atoms with Crippen molar-refractivity contribution in [3.63, 3.8) is 0 Å². The van der Waals surface area contributed by atoms with Gasteiger partial charge in [-0.25, -0.2) is 8.42 Å². The van der Waals surface area contributed by atoms with Crippen molar-refractivity contribution in [3.05, 3.63) is 113 Å². The Balaban J connectivity index is 1.40. The summed E-state index contributed by atoms with van der Waals surface area (Å²) in [5.74, 6) is 0.112. The van der Waals surface area contributed by atoms with Gasteiger partial charge in [0.2, 0.25) is 5.91 Å². The van der Waals surface area contributed by atoms with Crippen molar-refractivity contribution in [2.24, 2.45) is 0 Å². The molecule has 0 heterocycles. The van der Waals surface area contributed by atoms with E-state index in [0.717, 1.165) is 36.0 Å². The average molecular weight is 626 g/mol. The number of anilines is 1. The predicted molar refractivity (Wildman–Crippen MR) is 177 cm³/mol. The first-order valence-electron chi connectivity index (χ1n) is 15.0. The van der Waals surface area contributed by atoms with Crippen molar-refractivity contribution >= 4 is 27.5 Å². The summed E-state index contributed by atoms with van der Waals surface area (Å²) in [5, 5.41) is 0. The first kappa shape index (κ1) is 31.8. The number of aryl methyl sites for hydroxylation is 2. The number of carbonyl (C=O) groups is 2. The Labute approximate surface area is 265 Å². The molecular formula is C36H39N3O5S. The van der Waals surface area contributed by atoms with E-state index < -0.39 is 10.0 Å². The molecular weight excluding hydrogens is 586 g/mol. The number of sulfonamides is 1. The van der Waals surface area contributed by atoms with Crippen LogP contribution in [0.15, 0.2) is 95.9 Å². The van der Waals surface area contributed by atoms with Gasteiger partial charge in [-0.1, -0.05) is 54.6 Å². The molecule has 0 aliphatic heterocycles. The van der Waals surface area contributed by atoms with E-state index in [0.29, 0.717) is 35.2 Å². The summed E-state index contributed by atoms with van der Waals surface area (Å²) in [7, 11) is 2.56. The number of amides is 2. The fourth-order valence-electron chi connectivity index (χ4n) is 5.85. The Bertz CT molecular complexity index is 1800. The molecule has 45 heavy (non-hydrogen) atoms. The summed E-state index contributed by atoms with van der Waals surface area (Å²) in [5.41, 5.74) is 5.45. The quantitative estimate of drug-likeness (QED) is 0.222. The second-order valence-electron chi connectivity index (χ2n) is 11.6. The van der Waals surface area contributed by atoms with Crippen molar-refractivity contribution < 1.29 is 22.7 Å². The van der Waals surface area contributed by atoms with Gasteiger partial charge in [0.1, 0.15) is 10.6 Å². The Hall–Kier alpha value is -4.63. The molecule has 5 rings (SSSR count). The molecule has 0 radical (unpaired) electrons. The molecule has 0 saturated heterocycles. The monoisotopic (exact) mass is 625 g/mol. The number of methoxy groups -OCH3 is 1. The lowest BCUT2D eigenvalue weighted by atomic mass is 9.86. The third-order valence-electron chi connectivity index (χ3n) is 8.31. The van der Waals surface area contributed by atoms with Crippen molar-refractivity contribution in [1.29, 1.82) is 0 Å². The molecule has 2 amide bonds. The molecule has 4 aromatic rings. The molecule has 8 nitrogen and oxygen atoms in total. The van der Waals surface area contributed by atoms with Gasteiger partial charge in [-0.2, -0.15) is 0 Å². The van der Waals surface area contributed by atoms with Crippen molar-refractivity contribution in [1.82, 2.24) is 9.80 Å². The molecule has 0 aromatic heterocycles. The molecule has 0 saturated carbocycles. The van der Waals surface area contributed by atoms with Gasteiger partial charge in [-0.3, -0.25) is 14.3 Å². The molecule has 234 valence electrons. The molecule has 4 aromatic carbocycles. The number of benzene rings is 4. The van der Waals surface area contributed by atoms with Crippen LogP contribution in [0.3, 0.4) is 0 Å². The van der Waals surface area contributed by atoms with Crippen LogP contribution in [-0.4, -0.2) is 58.3 Å². The molecule has 1 N–H and O–H groups in total. The van der Waals surface area contributed by atoms with Crippen LogP contribution < -0.4 is 9.46 Å². The summed E-state index contributed by atoms with van der Waals surface area (Å²) < 4.78 is 35.8. The molecule has 1 atom stereocenters. The fraction of sp³-hybridized carbons (Fsp3) is 0.278. The molecule has 1 unspecified atom stereocenters. The molecule has 0 spiro atoms. The summed E-state index contributed by atoms with van der Waals surface area (Å²) >= 11 is 0. The number of nitrogens with zero attached hydrogens (tertiary/aromatic N) is 2. The first-order chi connectivity index (χ1) is 21.6. The van der Waals surface area contributed by atoms with Gasteiger partial charge >= 0.3 is 0 Å². The lowest BCUT2D eigenvalue weighted by Crippen LogP contribution is -2.33.